The molecule has 0 saturated carbocycles. The van der Waals surface area contributed by atoms with E-state index in [0.29, 0.717) is 6.42 Å². The van der Waals surface area contributed by atoms with Crippen molar-refractivity contribution in [3.63, 3.8) is 0 Å². The zero-order valence-electron chi connectivity index (χ0n) is 12.4. The maximum atomic E-state index is 8.72. The first-order valence-corrected chi connectivity index (χ1v) is 7.85. The molecule has 0 radical (unpaired) electrons. The highest BCUT2D eigenvalue weighted by molar-refractivity contribution is 6.30. The van der Waals surface area contributed by atoms with E-state index < -0.39 is 0 Å². The minimum absolute atomic E-state index is 0.475. The lowest BCUT2D eigenvalue weighted by Crippen LogP contribution is -2.46. The number of rotatable bonds is 3. The van der Waals surface area contributed by atoms with Gasteiger partial charge in [0.2, 0.25) is 0 Å². The van der Waals surface area contributed by atoms with Crippen LogP contribution in [0.3, 0.4) is 0 Å². The minimum Gasteiger partial charge on any atom is -0.368 e. The molecule has 1 aliphatic heterocycles. The molecule has 4 heteroatoms. The van der Waals surface area contributed by atoms with Crippen molar-refractivity contribution in [3.8, 4) is 6.07 Å². The van der Waals surface area contributed by atoms with E-state index in [4.69, 9.17) is 16.9 Å². The van der Waals surface area contributed by atoms with E-state index in [2.05, 4.69) is 34.1 Å². The van der Waals surface area contributed by atoms with Crippen LogP contribution in [-0.2, 0) is 6.42 Å². The second-order valence-corrected chi connectivity index (χ2v) is 5.89. The van der Waals surface area contributed by atoms with Crippen molar-refractivity contribution in [1.29, 1.82) is 5.26 Å². The minimum atomic E-state index is 0.475. The standard InChI is InChI=1S/C18H18ClN3/c19-16-2-1-3-18(14-16)22-12-10-21(11-13-22)17-6-4-15(5-7-17)8-9-20/h1-7,14H,8,10-13H2. The van der Waals surface area contributed by atoms with E-state index in [-0.39, 0.29) is 0 Å². The second kappa shape index (κ2) is 6.72. The highest BCUT2D eigenvalue weighted by Gasteiger charge is 2.17. The van der Waals surface area contributed by atoms with E-state index in [1.54, 1.807) is 0 Å². The molecule has 2 aromatic carbocycles. The monoisotopic (exact) mass is 311 g/mol. The van der Waals surface area contributed by atoms with E-state index in [1.165, 1.54) is 11.4 Å². The van der Waals surface area contributed by atoms with Gasteiger partial charge in [-0.2, -0.15) is 5.26 Å². The van der Waals surface area contributed by atoms with Gasteiger partial charge >= 0.3 is 0 Å². The van der Waals surface area contributed by atoms with E-state index in [0.717, 1.165) is 36.8 Å². The van der Waals surface area contributed by atoms with Gasteiger partial charge in [-0.05, 0) is 35.9 Å². The lowest BCUT2D eigenvalue weighted by atomic mass is 10.1. The van der Waals surface area contributed by atoms with E-state index in [9.17, 15) is 0 Å². The number of hydrogen-bond donors (Lipinski definition) is 0. The summed E-state index contributed by atoms with van der Waals surface area (Å²) in [5, 5.41) is 9.50. The van der Waals surface area contributed by atoms with Gasteiger partial charge in [0.15, 0.2) is 0 Å². The molecule has 1 saturated heterocycles. The van der Waals surface area contributed by atoms with Crippen molar-refractivity contribution < 1.29 is 0 Å². The quantitative estimate of drug-likeness (QED) is 0.865. The lowest BCUT2D eigenvalue weighted by molar-refractivity contribution is 0.653. The first-order valence-electron chi connectivity index (χ1n) is 7.47. The zero-order chi connectivity index (χ0) is 15.4. The number of benzene rings is 2. The SMILES string of the molecule is N#CCc1ccc(N2CCN(c3cccc(Cl)c3)CC2)cc1. The molecule has 1 aliphatic rings. The Kier molecular flexibility index (Phi) is 4.50. The van der Waals surface area contributed by atoms with E-state index in [1.807, 2.05) is 30.3 Å². The van der Waals surface area contributed by atoms with Crippen molar-refractivity contribution in [1.82, 2.24) is 0 Å². The molecular weight excluding hydrogens is 294 g/mol. The second-order valence-electron chi connectivity index (χ2n) is 5.46. The van der Waals surface area contributed by atoms with Gasteiger partial charge in [-0.3, -0.25) is 0 Å². The molecule has 0 aromatic heterocycles. The first-order chi connectivity index (χ1) is 10.8. The summed E-state index contributed by atoms with van der Waals surface area (Å²) >= 11 is 6.07. The summed E-state index contributed by atoms with van der Waals surface area (Å²) in [5.41, 5.74) is 3.49. The molecular formula is C18H18ClN3. The maximum Gasteiger partial charge on any atom is 0.0669 e. The molecule has 1 heterocycles. The number of hydrogen-bond acceptors (Lipinski definition) is 3. The summed E-state index contributed by atoms with van der Waals surface area (Å²) < 4.78 is 0. The summed E-state index contributed by atoms with van der Waals surface area (Å²) in [4.78, 5) is 4.75. The Bertz CT molecular complexity index is 667. The van der Waals surface area contributed by atoms with Crippen LogP contribution in [0, 0.1) is 11.3 Å². The summed E-state index contributed by atoms with van der Waals surface area (Å²) in [6, 6.07) is 18.5. The molecule has 112 valence electrons. The van der Waals surface area contributed by atoms with Crippen LogP contribution in [0.25, 0.3) is 0 Å². The number of nitrogens with zero attached hydrogens (tertiary/aromatic N) is 3. The van der Waals surface area contributed by atoms with Gasteiger partial charge in [0.25, 0.3) is 0 Å². The number of nitriles is 1. The van der Waals surface area contributed by atoms with Crippen LogP contribution < -0.4 is 9.80 Å². The van der Waals surface area contributed by atoms with Crippen LogP contribution in [0.15, 0.2) is 48.5 Å². The molecule has 0 atom stereocenters. The number of anilines is 2. The molecule has 22 heavy (non-hydrogen) atoms. The molecule has 1 fully saturated rings. The van der Waals surface area contributed by atoms with Crippen LogP contribution in [0.5, 0.6) is 0 Å². The molecule has 0 bridgehead atoms. The maximum absolute atomic E-state index is 8.72. The van der Waals surface area contributed by atoms with Gasteiger partial charge in [-0.15, -0.1) is 0 Å². The molecule has 0 amide bonds. The molecule has 0 N–H and O–H groups in total. The van der Waals surface area contributed by atoms with Gasteiger partial charge < -0.3 is 9.80 Å². The molecule has 3 rings (SSSR count). The lowest BCUT2D eigenvalue weighted by Gasteiger charge is -2.37. The Morgan fingerprint density at radius 2 is 1.55 bits per heavy atom. The van der Waals surface area contributed by atoms with Crippen molar-refractivity contribution in [2.45, 2.75) is 6.42 Å². The van der Waals surface area contributed by atoms with Gasteiger partial charge in [-0.1, -0.05) is 29.8 Å². The van der Waals surface area contributed by atoms with Crippen LogP contribution in [0.1, 0.15) is 5.56 Å². The Hall–Kier alpha value is -2.18. The Morgan fingerprint density at radius 1 is 0.909 bits per heavy atom. The Morgan fingerprint density at radius 3 is 2.14 bits per heavy atom. The zero-order valence-corrected chi connectivity index (χ0v) is 13.1. The third-order valence-electron chi connectivity index (χ3n) is 4.04. The fourth-order valence-electron chi connectivity index (χ4n) is 2.81. The molecule has 0 unspecified atom stereocenters. The van der Waals surface area contributed by atoms with Crippen LogP contribution in [-0.4, -0.2) is 26.2 Å². The van der Waals surface area contributed by atoms with Gasteiger partial charge in [0.05, 0.1) is 12.5 Å². The Balaban J connectivity index is 1.63. The van der Waals surface area contributed by atoms with Crippen molar-refractivity contribution >= 4 is 23.0 Å². The predicted molar refractivity (Wildman–Crippen MR) is 91.6 cm³/mol. The summed E-state index contributed by atoms with van der Waals surface area (Å²) in [5.74, 6) is 0. The predicted octanol–water partition coefficient (Wildman–Crippen LogP) is 3.73. The highest BCUT2D eigenvalue weighted by Crippen LogP contribution is 2.23. The average molecular weight is 312 g/mol. The van der Waals surface area contributed by atoms with Gasteiger partial charge in [-0.25, -0.2) is 0 Å². The van der Waals surface area contributed by atoms with E-state index >= 15 is 0 Å². The number of halogens is 1. The molecule has 2 aromatic rings. The van der Waals surface area contributed by atoms with Crippen molar-refractivity contribution in [2.75, 3.05) is 36.0 Å². The third-order valence-corrected chi connectivity index (χ3v) is 4.27. The fraction of sp³-hybridized carbons (Fsp3) is 0.278. The van der Waals surface area contributed by atoms with Gasteiger partial charge in [0.1, 0.15) is 0 Å². The summed E-state index contributed by atoms with van der Waals surface area (Å²) in [6.07, 6.45) is 0.475. The first kappa shape index (κ1) is 14.7. The molecule has 0 aliphatic carbocycles. The molecule has 3 nitrogen and oxygen atoms in total. The van der Waals surface area contributed by atoms with Crippen molar-refractivity contribution in [3.05, 3.63) is 59.1 Å². The summed E-state index contributed by atoms with van der Waals surface area (Å²) in [6.45, 7) is 3.95. The van der Waals surface area contributed by atoms with Gasteiger partial charge in [0, 0.05) is 42.6 Å². The third kappa shape index (κ3) is 3.35. The normalized spacial score (nSPS) is 14.7. The Labute approximate surface area is 136 Å². The fourth-order valence-corrected chi connectivity index (χ4v) is 3.00. The van der Waals surface area contributed by atoms with Crippen molar-refractivity contribution in [2.24, 2.45) is 0 Å². The largest absolute Gasteiger partial charge is 0.368 e. The smallest absolute Gasteiger partial charge is 0.0669 e. The topological polar surface area (TPSA) is 30.3 Å². The van der Waals surface area contributed by atoms with Crippen LogP contribution in [0.4, 0.5) is 11.4 Å². The average Bonchev–Trinajstić information content (AvgIpc) is 2.56. The number of piperazine rings is 1. The molecule has 0 spiro atoms. The summed E-state index contributed by atoms with van der Waals surface area (Å²) in [7, 11) is 0. The highest BCUT2D eigenvalue weighted by atomic mass is 35.5. The van der Waals surface area contributed by atoms with Crippen LogP contribution in [0.2, 0.25) is 5.02 Å². The van der Waals surface area contributed by atoms with Crippen LogP contribution >= 0.6 is 11.6 Å².